The summed E-state index contributed by atoms with van der Waals surface area (Å²) in [6.45, 7) is 5.37. The van der Waals surface area contributed by atoms with E-state index in [1.165, 1.54) is 11.3 Å². The molecule has 7 heteroatoms. The highest BCUT2D eigenvalue weighted by Crippen LogP contribution is 2.30. The zero-order valence-electron chi connectivity index (χ0n) is 16.9. The second-order valence-electron chi connectivity index (χ2n) is 7.25. The highest BCUT2D eigenvalue weighted by molar-refractivity contribution is 7.14. The van der Waals surface area contributed by atoms with Gasteiger partial charge in [0.25, 0.3) is 5.91 Å². The summed E-state index contributed by atoms with van der Waals surface area (Å²) in [6, 6.07) is 19.3. The molecule has 30 heavy (non-hydrogen) atoms. The summed E-state index contributed by atoms with van der Waals surface area (Å²) in [5, 5.41) is 3.88. The lowest BCUT2D eigenvalue weighted by atomic mass is 10.1. The van der Waals surface area contributed by atoms with Crippen LogP contribution in [-0.4, -0.2) is 52.8 Å². The lowest BCUT2D eigenvalue weighted by molar-refractivity contribution is -0.130. The molecule has 1 N–H and O–H groups in total. The van der Waals surface area contributed by atoms with Crippen LogP contribution in [-0.2, 0) is 11.3 Å². The van der Waals surface area contributed by atoms with Crippen LogP contribution in [0.5, 0.6) is 0 Å². The number of benzene rings is 2. The molecule has 1 aromatic heterocycles. The summed E-state index contributed by atoms with van der Waals surface area (Å²) in [7, 11) is 0. The maximum absolute atomic E-state index is 13.0. The molecule has 0 spiro atoms. The van der Waals surface area contributed by atoms with Gasteiger partial charge >= 0.3 is 0 Å². The first-order chi connectivity index (χ1) is 14.6. The predicted molar refractivity (Wildman–Crippen MR) is 119 cm³/mol. The van der Waals surface area contributed by atoms with Gasteiger partial charge in [-0.05, 0) is 12.1 Å². The molecule has 2 aromatic carbocycles. The minimum absolute atomic E-state index is 0.120. The molecule has 4 rings (SSSR count). The average molecular weight is 421 g/mol. The number of hydrogen-bond donors (Lipinski definition) is 1. The van der Waals surface area contributed by atoms with Crippen LogP contribution >= 0.6 is 11.3 Å². The number of rotatable bonds is 5. The number of aromatic nitrogens is 1. The first-order valence-corrected chi connectivity index (χ1v) is 10.8. The average Bonchev–Trinajstić information content (AvgIpc) is 3.19. The third kappa shape index (κ3) is 4.75. The Morgan fingerprint density at radius 3 is 2.23 bits per heavy atom. The Hall–Kier alpha value is -3.03. The summed E-state index contributed by atoms with van der Waals surface area (Å²) in [4.78, 5) is 34.2. The molecule has 1 aliphatic heterocycles. The first-order valence-electron chi connectivity index (χ1n) is 9.99. The summed E-state index contributed by atoms with van der Waals surface area (Å²) in [5.41, 5.74) is 2.41. The molecule has 0 unspecified atom stereocenters. The van der Waals surface area contributed by atoms with Gasteiger partial charge in [0.05, 0.1) is 12.2 Å². The Balaban J connectivity index is 1.55. The number of piperazine rings is 1. The summed E-state index contributed by atoms with van der Waals surface area (Å²) >= 11 is 1.44. The normalized spacial score (nSPS) is 14.5. The highest BCUT2D eigenvalue weighted by Gasteiger charge is 2.23. The highest BCUT2D eigenvalue weighted by atomic mass is 32.1. The lowest BCUT2D eigenvalue weighted by Crippen LogP contribution is -2.47. The fraction of sp³-hybridized carbons (Fsp3) is 0.261. The van der Waals surface area contributed by atoms with Crippen molar-refractivity contribution in [3.63, 3.8) is 0 Å². The van der Waals surface area contributed by atoms with E-state index in [4.69, 9.17) is 4.98 Å². The molecule has 1 saturated heterocycles. The standard InChI is InChI=1S/C23H24N4O2S/c1-17(28)27-14-12-26(13-15-27)16-20-25-21(18-8-4-2-5-9-18)22(30-20)23(29)24-19-10-6-3-7-11-19/h2-11H,12-16H2,1H3,(H,24,29). The van der Waals surface area contributed by atoms with E-state index in [0.29, 0.717) is 17.1 Å². The molecule has 6 nitrogen and oxygen atoms in total. The van der Waals surface area contributed by atoms with E-state index in [0.717, 1.165) is 42.4 Å². The fourth-order valence-corrected chi connectivity index (χ4v) is 4.52. The number of anilines is 1. The van der Waals surface area contributed by atoms with Crippen molar-refractivity contribution in [2.24, 2.45) is 0 Å². The van der Waals surface area contributed by atoms with Gasteiger partial charge in [0.2, 0.25) is 5.91 Å². The minimum Gasteiger partial charge on any atom is -0.340 e. The summed E-state index contributed by atoms with van der Waals surface area (Å²) in [6.07, 6.45) is 0. The van der Waals surface area contributed by atoms with Crippen LogP contribution < -0.4 is 5.32 Å². The first kappa shape index (κ1) is 20.3. The van der Waals surface area contributed by atoms with Crippen molar-refractivity contribution in [1.29, 1.82) is 0 Å². The van der Waals surface area contributed by atoms with Crippen molar-refractivity contribution in [3.8, 4) is 11.3 Å². The van der Waals surface area contributed by atoms with E-state index >= 15 is 0 Å². The molecule has 2 heterocycles. The second kappa shape index (κ2) is 9.19. The van der Waals surface area contributed by atoms with E-state index in [1.54, 1.807) is 6.92 Å². The van der Waals surface area contributed by atoms with E-state index in [2.05, 4.69) is 10.2 Å². The van der Waals surface area contributed by atoms with Gasteiger partial charge in [-0.15, -0.1) is 11.3 Å². The van der Waals surface area contributed by atoms with E-state index in [9.17, 15) is 9.59 Å². The van der Waals surface area contributed by atoms with Gasteiger partial charge < -0.3 is 10.2 Å². The van der Waals surface area contributed by atoms with Gasteiger partial charge in [-0.2, -0.15) is 0 Å². The van der Waals surface area contributed by atoms with Crippen LogP contribution in [0, 0.1) is 0 Å². The predicted octanol–water partition coefficient (Wildman–Crippen LogP) is 3.73. The van der Waals surface area contributed by atoms with E-state index < -0.39 is 0 Å². The van der Waals surface area contributed by atoms with Crippen LogP contribution in [0.2, 0.25) is 0 Å². The second-order valence-corrected chi connectivity index (χ2v) is 8.34. The van der Waals surface area contributed by atoms with Gasteiger partial charge in [0, 0.05) is 44.4 Å². The molecule has 0 aliphatic carbocycles. The van der Waals surface area contributed by atoms with E-state index in [-0.39, 0.29) is 11.8 Å². The largest absolute Gasteiger partial charge is 0.340 e. The zero-order valence-corrected chi connectivity index (χ0v) is 17.7. The molecule has 0 bridgehead atoms. The summed E-state index contributed by atoms with van der Waals surface area (Å²) < 4.78 is 0. The SMILES string of the molecule is CC(=O)N1CCN(Cc2nc(-c3ccccc3)c(C(=O)Nc3ccccc3)s2)CC1. The van der Waals surface area contributed by atoms with Crippen molar-refractivity contribution in [1.82, 2.24) is 14.8 Å². The number of nitrogens with zero attached hydrogens (tertiary/aromatic N) is 3. The fourth-order valence-electron chi connectivity index (χ4n) is 3.50. The Bertz CT molecular complexity index is 1010. The number of nitrogens with one attached hydrogen (secondary N) is 1. The van der Waals surface area contributed by atoms with Gasteiger partial charge in [-0.25, -0.2) is 4.98 Å². The van der Waals surface area contributed by atoms with Crippen LogP contribution in [0.3, 0.4) is 0 Å². The number of hydrogen-bond acceptors (Lipinski definition) is 5. The van der Waals surface area contributed by atoms with Crippen LogP contribution in [0.4, 0.5) is 5.69 Å². The molecular formula is C23H24N4O2S. The van der Waals surface area contributed by atoms with Crippen molar-refractivity contribution in [2.75, 3.05) is 31.5 Å². The molecule has 1 aliphatic rings. The van der Waals surface area contributed by atoms with Crippen LogP contribution in [0.1, 0.15) is 21.6 Å². The maximum Gasteiger partial charge on any atom is 0.268 e. The van der Waals surface area contributed by atoms with Crippen molar-refractivity contribution in [3.05, 3.63) is 70.5 Å². The Morgan fingerprint density at radius 1 is 0.967 bits per heavy atom. The van der Waals surface area contributed by atoms with Crippen LogP contribution in [0.25, 0.3) is 11.3 Å². The van der Waals surface area contributed by atoms with Gasteiger partial charge in [0.1, 0.15) is 9.88 Å². The van der Waals surface area contributed by atoms with Gasteiger partial charge in [0.15, 0.2) is 0 Å². The molecule has 0 radical (unpaired) electrons. The number of amides is 2. The van der Waals surface area contributed by atoms with Crippen molar-refractivity contribution in [2.45, 2.75) is 13.5 Å². The number of thiazole rings is 1. The Morgan fingerprint density at radius 2 is 1.60 bits per heavy atom. The van der Waals surface area contributed by atoms with Gasteiger partial charge in [-0.1, -0.05) is 48.5 Å². The lowest BCUT2D eigenvalue weighted by Gasteiger charge is -2.33. The van der Waals surface area contributed by atoms with Crippen molar-refractivity contribution >= 4 is 28.8 Å². The smallest absolute Gasteiger partial charge is 0.268 e. The topological polar surface area (TPSA) is 65.5 Å². The third-order valence-electron chi connectivity index (χ3n) is 5.13. The molecule has 3 aromatic rings. The van der Waals surface area contributed by atoms with Gasteiger partial charge in [-0.3, -0.25) is 14.5 Å². The quantitative estimate of drug-likeness (QED) is 0.683. The molecule has 0 atom stereocenters. The molecular weight excluding hydrogens is 396 g/mol. The Labute approximate surface area is 180 Å². The third-order valence-corrected chi connectivity index (χ3v) is 6.17. The maximum atomic E-state index is 13.0. The Kier molecular flexibility index (Phi) is 6.21. The minimum atomic E-state index is -0.148. The number of carbonyl (C=O) groups is 2. The number of para-hydroxylation sites is 1. The summed E-state index contributed by atoms with van der Waals surface area (Å²) in [5.74, 6) is -0.0275. The van der Waals surface area contributed by atoms with Crippen LogP contribution in [0.15, 0.2) is 60.7 Å². The molecule has 154 valence electrons. The monoisotopic (exact) mass is 420 g/mol. The molecule has 2 amide bonds. The molecule has 1 fully saturated rings. The molecule has 0 saturated carbocycles. The zero-order chi connectivity index (χ0) is 20.9. The van der Waals surface area contributed by atoms with Crippen molar-refractivity contribution < 1.29 is 9.59 Å². The van der Waals surface area contributed by atoms with E-state index in [1.807, 2.05) is 65.6 Å². The number of carbonyl (C=O) groups excluding carboxylic acids is 2.